The topological polar surface area (TPSA) is 91.8 Å². The van der Waals surface area contributed by atoms with Crippen molar-refractivity contribution >= 4 is 21.7 Å². The Morgan fingerprint density at radius 2 is 1.70 bits per heavy atom. The molecule has 142 valence electrons. The van der Waals surface area contributed by atoms with Crippen molar-refractivity contribution in [2.75, 3.05) is 13.1 Å². The number of piperidine rings is 1. The van der Waals surface area contributed by atoms with Gasteiger partial charge in [0.15, 0.2) is 9.84 Å². The second-order valence-corrected chi connectivity index (χ2v) is 8.69. The molecule has 1 heterocycles. The maximum Gasteiger partial charge on any atom is 0.308 e. The fourth-order valence-electron chi connectivity index (χ4n) is 3.23. The first-order valence-electron chi connectivity index (χ1n) is 8.75. The van der Waals surface area contributed by atoms with Crippen LogP contribution in [0.15, 0.2) is 59.5 Å². The summed E-state index contributed by atoms with van der Waals surface area (Å²) in [6, 6.07) is 14.8. The molecule has 1 aliphatic heterocycles. The third kappa shape index (κ3) is 4.54. The van der Waals surface area contributed by atoms with E-state index in [4.69, 9.17) is 5.11 Å². The highest BCUT2D eigenvalue weighted by Gasteiger charge is 2.28. The molecular formula is C20H21NO5S. The van der Waals surface area contributed by atoms with Crippen LogP contribution in [0, 0.1) is 5.92 Å². The van der Waals surface area contributed by atoms with E-state index in [1.807, 2.05) is 6.07 Å². The van der Waals surface area contributed by atoms with Crippen molar-refractivity contribution < 1.29 is 23.1 Å². The second-order valence-electron chi connectivity index (χ2n) is 6.70. The average molecular weight is 387 g/mol. The fraction of sp³-hybridized carbons (Fsp3) is 0.300. The molecule has 2 aromatic rings. The van der Waals surface area contributed by atoms with Crippen LogP contribution in [-0.4, -0.2) is 43.4 Å². The summed E-state index contributed by atoms with van der Waals surface area (Å²) in [5.41, 5.74) is 1.06. The molecule has 0 saturated carbocycles. The van der Waals surface area contributed by atoms with Gasteiger partial charge in [0.05, 0.1) is 16.6 Å². The van der Waals surface area contributed by atoms with Crippen molar-refractivity contribution in [3.8, 4) is 0 Å². The van der Waals surface area contributed by atoms with Crippen LogP contribution in [0.25, 0.3) is 0 Å². The zero-order chi connectivity index (χ0) is 19.4. The zero-order valence-electron chi connectivity index (χ0n) is 14.7. The van der Waals surface area contributed by atoms with Gasteiger partial charge in [0.1, 0.15) is 0 Å². The molecule has 2 aromatic carbocycles. The van der Waals surface area contributed by atoms with Gasteiger partial charge in [-0.1, -0.05) is 30.3 Å². The number of benzene rings is 2. The van der Waals surface area contributed by atoms with Crippen LogP contribution in [0.1, 0.15) is 28.8 Å². The Kier molecular flexibility index (Phi) is 5.60. The summed E-state index contributed by atoms with van der Waals surface area (Å²) in [7, 11) is -3.50. The quantitative estimate of drug-likeness (QED) is 0.851. The molecule has 27 heavy (non-hydrogen) atoms. The number of carboxylic acids is 1. The third-order valence-electron chi connectivity index (χ3n) is 4.72. The minimum Gasteiger partial charge on any atom is -0.481 e. The first-order chi connectivity index (χ1) is 12.9. The largest absolute Gasteiger partial charge is 0.481 e. The molecule has 1 unspecified atom stereocenters. The number of carboxylic acid groups (broad SMARTS) is 1. The summed E-state index contributed by atoms with van der Waals surface area (Å²) in [6.45, 7) is 0.693. The second kappa shape index (κ2) is 7.92. The number of hydrogen-bond donors (Lipinski definition) is 1. The van der Waals surface area contributed by atoms with Gasteiger partial charge < -0.3 is 10.0 Å². The van der Waals surface area contributed by atoms with Gasteiger partial charge >= 0.3 is 5.97 Å². The van der Waals surface area contributed by atoms with E-state index in [1.165, 1.54) is 29.2 Å². The maximum atomic E-state index is 12.6. The highest BCUT2D eigenvalue weighted by atomic mass is 32.2. The van der Waals surface area contributed by atoms with Gasteiger partial charge in [-0.05, 0) is 42.7 Å². The molecule has 1 saturated heterocycles. The van der Waals surface area contributed by atoms with Gasteiger partial charge in [-0.25, -0.2) is 8.42 Å². The third-order valence-corrected chi connectivity index (χ3v) is 6.42. The van der Waals surface area contributed by atoms with Gasteiger partial charge in [-0.15, -0.1) is 0 Å². The molecule has 7 heteroatoms. The number of rotatable bonds is 5. The van der Waals surface area contributed by atoms with Gasteiger partial charge in [-0.2, -0.15) is 0 Å². The number of hydrogen-bond acceptors (Lipinski definition) is 4. The SMILES string of the molecule is O=C(O)C1CCCN(C(=O)c2ccc(S(=O)(=O)Cc3ccccc3)cc2)C1. The highest BCUT2D eigenvalue weighted by Crippen LogP contribution is 2.21. The predicted octanol–water partition coefficient (Wildman–Crippen LogP) is 2.60. The van der Waals surface area contributed by atoms with Crippen molar-refractivity contribution in [1.82, 2.24) is 4.90 Å². The van der Waals surface area contributed by atoms with Crippen LogP contribution in [-0.2, 0) is 20.4 Å². The summed E-state index contributed by atoms with van der Waals surface area (Å²) >= 11 is 0. The number of likely N-dealkylation sites (tertiary alicyclic amines) is 1. The summed E-state index contributed by atoms with van der Waals surface area (Å²) in [6.07, 6.45) is 1.21. The molecule has 6 nitrogen and oxygen atoms in total. The Hall–Kier alpha value is -2.67. The monoisotopic (exact) mass is 387 g/mol. The van der Waals surface area contributed by atoms with E-state index < -0.39 is 21.7 Å². The normalized spacial score (nSPS) is 17.5. The van der Waals surface area contributed by atoms with E-state index in [1.54, 1.807) is 24.3 Å². The van der Waals surface area contributed by atoms with Crippen LogP contribution in [0.5, 0.6) is 0 Å². The van der Waals surface area contributed by atoms with Crippen LogP contribution in [0.4, 0.5) is 0 Å². The summed E-state index contributed by atoms with van der Waals surface area (Å²) in [4.78, 5) is 25.4. The van der Waals surface area contributed by atoms with Crippen molar-refractivity contribution in [1.29, 1.82) is 0 Å². The minimum absolute atomic E-state index is 0.104. The molecule has 0 aliphatic carbocycles. The Morgan fingerprint density at radius 1 is 1.04 bits per heavy atom. The molecule has 0 radical (unpaired) electrons. The molecule has 1 amide bonds. The van der Waals surface area contributed by atoms with Crippen molar-refractivity contribution in [3.05, 3.63) is 65.7 Å². The molecular weight excluding hydrogens is 366 g/mol. The lowest BCUT2D eigenvalue weighted by Crippen LogP contribution is -2.42. The summed E-state index contributed by atoms with van der Waals surface area (Å²) < 4.78 is 25.1. The molecule has 1 aliphatic rings. The number of sulfone groups is 1. The Bertz CT molecular complexity index is 923. The van der Waals surface area contributed by atoms with Gasteiger partial charge in [0.2, 0.25) is 0 Å². The number of nitrogens with zero attached hydrogens (tertiary/aromatic N) is 1. The Balaban J connectivity index is 1.73. The molecule has 3 rings (SSSR count). The van der Waals surface area contributed by atoms with Crippen LogP contribution < -0.4 is 0 Å². The van der Waals surface area contributed by atoms with Crippen molar-refractivity contribution in [2.24, 2.45) is 5.92 Å². The van der Waals surface area contributed by atoms with E-state index in [0.717, 1.165) is 0 Å². The van der Waals surface area contributed by atoms with Gasteiger partial charge in [0.25, 0.3) is 5.91 Å². The molecule has 1 fully saturated rings. The number of carbonyl (C=O) groups excluding carboxylic acids is 1. The fourth-order valence-corrected chi connectivity index (χ4v) is 4.58. The van der Waals surface area contributed by atoms with E-state index >= 15 is 0 Å². The Labute approximate surface area is 158 Å². The lowest BCUT2D eigenvalue weighted by molar-refractivity contribution is -0.143. The molecule has 0 spiro atoms. The molecule has 0 aromatic heterocycles. The van der Waals surface area contributed by atoms with Gasteiger partial charge in [-0.3, -0.25) is 9.59 Å². The highest BCUT2D eigenvalue weighted by molar-refractivity contribution is 7.90. The zero-order valence-corrected chi connectivity index (χ0v) is 15.6. The van der Waals surface area contributed by atoms with Crippen LogP contribution in [0.2, 0.25) is 0 Å². The van der Waals surface area contributed by atoms with Crippen molar-refractivity contribution in [2.45, 2.75) is 23.5 Å². The summed E-state index contributed by atoms with van der Waals surface area (Å²) in [5, 5.41) is 9.15. The van der Waals surface area contributed by atoms with Crippen molar-refractivity contribution in [3.63, 3.8) is 0 Å². The standard InChI is InChI=1S/C20H21NO5S/c22-19(21-12-4-7-17(13-21)20(23)24)16-8-10-18(11-9-16)27(25,26)14-15-5-2-1-3-6-15/h1-3,5-6,8-11,17H,4,7,12-14H2,(H,23,24). The van der Waals surface area contributed by atoms with Crippen LogP contribution >= 0.6 is 0 Å². The smallest absolute Gasteiger partial charge is 0.308 e. The lowest BCUT2D eigenvalue weighted by Gasteiger charge is -2.30. The molecule has 1 atom stereocenters. The minimum atomic E-state index is -3.50. The predicted molar refractivity (Wildman–Crippen MR) is 100 cm³/mol. The number of carbonyl (C=O) groups is 2. The van der Waals surface area contributed by atoms with E-state index in [0.29, 0.717) is 30.5 Å². The van der Waals surface area contributed by atoms with Gasteiger partial charge in [0, 0.05) is 18.7 Å². The summed E-state index contributed by atoms with van der Waals surface area (Å²) in [5.74, 6) is -1.82. The van der Waals surface area contributed by atoms with E-state index in [2.05, 4.69) is 0 Å². The first-order valence-corrected chi connectivity index (χ1v) is 10.4. The first kappa shape index (κ1) is 19.1. The average Bonchev–Trinajstić information content (AvgIpc) is 2.68. The van der Waals surface area contributed by atoms with Crippen LogP contribution in [0.3, 0.4) is 0 Å². The lowest BCUT2D eigenvalue weighted by atomic mass is 9.97. The maximum absolute atomic E-state index is 12.6. The number of amides is 1. The Morgan fingerprint density at radius 3 is 2.33 bits per heavy atom. The molecule has 0 bridgehead atoms. The molecule has 1 N–H and O–H groups in total. The number of aliphatic carboxylic acids is 1. The van der Waals surface area contributed by atoms with E-state index in [-0.39, 0.29) is 23.1 Å². The van der Waals surface area contributed by atoms with E-state index in [9.17, 15) is 18.0 Å².